The molecular weight excluding hydrogens is 452 g/mol. The Morgan fingerprint density at radius 1 is 1.12 bits per heavy atom. The summed E-state index contributed by atoms with van der Waals surface area (Å²) in [5, 5.41) is 7.96. The summed E-state index contributed by atoms with van der Waals surface area (Å²) in [5.41, 5.74) is 3.16. The maximum absolute atomic E-state index is 12.1. The number of hydrogen-bond donors (Lipinski definition) is 2. The van der Waals surface area contributed by atoms with E-state index in [0.29, 0.717) is 16.7 Å². The molecule has 1 aromatic heterocycles. The highest BCUT2D eigenvalue weighted by Crippen LogP contribution is 2.37. The summed E-state index contributed by atoms with van der Waals surface area (Å²) in [5.74, 6) is 1.25. The van der Waals surface area contributed by atoms with Gasteiger partial charge in [0.2, 0.25) is 5.95 Å². The van der Waals surface area contributed by atoms with Gasteiger partial charge in [-0.1, -0.05) is 29.8 Å². The molecule has 34 heavy (non-hydrogen) atoms. The summed E-state index contributed by atoms with van der Waals surface area (Å²) in [6, 6.07) is 12.0. The van der Waals surface area contributed by atoms with Crippen LogP contribution in [0.15, 0.2) is 36.4 Å². The van der Waals surface area contributed by atoms with Gasteiger partial charge in [0, 0.05) is 23.0 Å². The first-order valence-electron chi connectivity index (χ1n) is 11.5. The van der Waals surface area contributed by atoms with Crippen LogP contribution in [0.4, 0.5) is 10.7 Å². The molecule has 2 N–H and O–H groups in total. The van der Waals surface area contributed by atoms with Crippen LogP contribution < -0.4 is 15.4 Å². The average Bonchev–Trinajstić information content (AvgIpc) is 3.18. The smallest absolute Gasteiger partial charge is 0.407 e. The Kier molecular flexibility index (Phi) is 6.84. The number of nitrogens with one attached hydrogen (secondary N) is 2. The topological polar surface area (TPSA) is 85.4 Å². The number of methoxy groups -OCH3 is 1. The maximum Gasteiger partial charge on any atom is 0.407 e. The number of aromatic nitrogens is 2. The number of benzene rings is 2. The fourth-order valence-electron chi connectivity index (χ4n) is 4.36. The predicted octanol–water partition coefficient (Wildman–Crippen LogP) is 6.12. The number of halogens is 1. The molecular formula is C26H31ClN4O3. The third kappa shape index (κ3) is 5.53. The van der Waals surface area contributed by atoms with E-state index in [4.69, 9.17) is 31.0 Å². The van der Waals surface area contributed by atoms with Crippen LogP contribution in [0.2, 0.25) is 5.02 Å². The van der Waals surface area contributed by atoms with Crippen molar-refractivity contribution in [3.05, 3.63) is 47.1 Å². The number of carbonyl (C=O) groups excluding carboxylic acids is 1. The summed E-state index contributed by atoms with van der Waals surface area (Å²) in [6.07, 6.45) is 2.23. The Morgan fingerprint density at radius 3 is 2.62 bits per heavy atom. The predicted molar refractivity (Wildman–Crippen MR) is 136 cm³/mol. The number of alkyl carbamates (subject to hydrolysis) is 1. The van der Waals surface area contributed by atoms with Gasteiger partial charge in [0.05, 0.1) is 23.3 Å². The monoisotopic (exact) mass is 482 g/mol. The number of rotatable bonds is 5. The number of anilines is 1. The van der Waals surface area contributed by atoms with Crippen molar-refractivity contribution < 1.29 is 14.3 Å². The van der Waals surface area contributed by atoms with Gasteiger partial charge in [-0.2, -0.15) is 0 Å². The van der Waals surface area contributed by atoms with Crippen LogP contribution in [0.1, 0.15) is 45.7 Å². The Balaban J connectivity index is 1.48. The van der Waals surface area contributed by atoms with E-state index in [1.165, 1.54) is 0 Å². The summed E-state index contributed by atoms with van der Waals surface area (Å²) in [6.45, 7) is 7.56. The molecule has 2 atom stereocenters. The third-order valence-electron chi connectivity index (χ3n) is 5.86. The minimum Gasteiger partial charge on any atom is -0.495 e. The normalized spacial score (nSPS) is 18.1. The van der Waals surface area contributed by atoms with E-state index in [1.54, 1.807) is 7.11 Å². The van der Waals surface area contributed by atoms with Crippen molar-refractivity contribution in [1.82, 2.24) is 15.3 Å². The summed E-state index contributed by atoms with van der Waals surface area (Å²) < 4.78 is 10.9. The molecule has 0 saturated heterocycles. The third-order valence-corrected chi connectivity index (χ3v) is 6.15. The molecule has 0 aliphatic heterocycles. The zero-order valence-corrected chi connectivity index (χ0v) is 21.0. The number of ether oxygens (including phenoxy) is 2. The van der Waals surface area contributed by atoms with Gasteiger partial charge in [0.25, 0.3) is 0 Å². The first-order chi connectivity index (χ1) is 16.1. The number of hydrogen-bond acceptors (Lipinski definition) is 6. The van der Waals surface area contributed by atoms with Crippen LogP contribution in [0, 0.1) is 6.92 Å². The van der Waals surface area contributed by atoms with Gasteiger partial charge < -0.3 is 20.1 Å². The van der Waals surface area contributed by atoms with Crippen molar-refractivity contribution in [2.24, 2.45) is 0 Å². The molecule has 3 aromatic rings. The molecule has 0 spiro atoms. The lowest BCUT2D eigenvalue weighted by Crippen LogP contribution is -2.38. The number of fused-ring (bicyclic) bond motifs is 1. The Bertz CT molecular complexity index is 1210. The molecule has 180 valence electrons. The molecule has 1 fully saturated rings. The first kappa shape index (κ1) is 24.1. The van der Waals surface area contributed by atoms with E-state index in [0.717, 1.165) is 47.0 Å². The molecule has 0 radical (unpaired) electrons. The van der Waals surface area contributed by atoms with Crippen LogP contribution in [-0.4, -0.2) is 40.9 Å². The second kappa shape index (κ2) is 9.66. The second-order valence-electron chi connectivity index (χ2n) is 9.68. The molecule has 1 heterocycles. The molecule has 0 bridgehead atoms. The van der Waals surface area contributed by atoms with Crippen LogP contribution in [-0.2, 0) is 4.74 Å². The van der Waals surface area contributed by atoms with E-state index in [2.05, 4.69) is 16.7 Å². The number of nitrogens with zero attached hydrogens (tertiary/aromatic N) is 2. The lowest BCUT2D eigenvalue weighted by molar-refractivity contribution is 0.0505. The highest BCUT2D eigenvalue weighted by atomic mass is 35.5. The van der Waals surface area contributed by atoms with Gasteiger partial charge >= 0.3 is 6.09 Å². The fraction of sp³-hybridized carbons (Fsp3) is 0.423. The van der Waals surface area contributed by atoms with Crippen molar-refractivity contribution in [3.8, 4) is 16.9 Å². The summed E-state index contributed by atoms with van der Waals surface area (Å²) in [7, 11) is 1.62. The van der Waals surface area contributed by atoms with Crippen LogP contribution in [0.3, 0.4) is 0 Å². The largest absolute Gasteiger partial charge is 0.495 e. The molecule has 8 heteroatoms. The van der Waals surface area contributed by atoms with Gasteiger partial charge in [-0.25, -0.2) is 14.8 Å². The van der Waals surface area contributed by atoms with E-state index in [-0.39, 0.29) is 18.2 Å². The van der Waals surface area contributed by atoms with Gasteiger partial charge in [-0.3, -0.25) is 0 Å². The molecule has 1 saturated carbocycles. The number of para-hydroxylation sites is 1. The van der Waals surface area contributed by atoms with Gasteiger partial charge in [-0.15, -0.1) is 0 Å². The molecule has 7 nitrogen and oxygen atoms in total. The van der Waals surface area contributed by atoms with Crippen molar-refractivity contribution in [1.29, 1.82) is 0 Å². The van der Waals surface area contributed by atoms with Gasteiger partial charge in [0.15, 0.2) is 0 Å². The van der Waals surface area contributed by atoms with Crippen LogP contribution in [0.5, 0.6) is 5.75 Å². The summed E-state index contributed by atoms with van der Waals surface area (Å²) >= 11 is 6.31. The average molecular weight is 483 g/mol. The molecule has 1 amide bonds. The van der Waals surface area contributed by atoms with E-state index >= 15 is 0 Å². The lowest BCUT2D eigenvalue weighted by atomic mass is 10.0. The van der Waals surface area contributed by atoms with Crippen molar-refractivity contribution >= 4 is 34.5 Å². The minimum absolute atomic E-state index is 0.0733. The zero-order chi connectivity index (χ0) is 24.5. The number of carbonyl (C=O) groups is 1. The van der Waals surface area contributed by atoms with E-state index in [9.17, 15) is 4.79 Å². The molecule has 1 aliphatic carbocycles. The molecule has 2 aromatic carbocycles. The van der Waals surface area contributed by atoms with E-state index < -0.39 is 5.60 Å². The van der Waals surface area contributed by atoms with Gasteiger partial charge in [-0.05, 0) is 70.7 Å². The van der Waals surface area contributed by atoms with Crippen molar-refractivity contribution in [3.63, 3.8) is 0 Å². The van der Waals surface area contributed by atoms with Gasteiger partial charge in [0.1, 0.15) is 11.4 Å². The number of aryl methyl sites for hydroxylation is 1. The van der Waals surface area contributed by atoms with Crippen molar-refractivity contribution in [2.45, 2.75) is 64.6 Å². The van der Waals surface area contributed by atoms with E-state index in [1.807, 2.05) is 58.0 Å². The maximum atomic E-state index is 12.1. The Morgan fingerprint density at radius 2 is 1.88 bits per heavy atom. The van der Waals surface area contributed by atoms with Crippen LogP contribution in [0.25, 0.3) is 22.0 Å². The molecule has 0 unspecified atom stereocenters. The Hall–Kier alpha value is -3.06. The molecule has 4 rings (SSSR count). The van der Waals surface area contributed by atoms with Crippen LogP contribution >= 0.6 is 11.6 Å². The Labute approximate surface area is 205 Å². The summed E-state index contributed by atoms with van der Waals surface area (Å²) in [4.78, 5) is 21.5. The highest BCUT2D eigenvalue weighted by molar-refractivity contribution is 6.32. The SMILES string of the molecule is COc1c(Cl)cccc1-c1ccc2nc(N[C@@H]3CC[C@H](NC(=O)OC(C)(C)C)C3)nc(C)c2c1. The quantitative estimate of drug-likeness (QED) is 0.455. The van der Waals surface area contributed by atoms with Crippen molar-refractivity contribution in [2.75, 3.05) is 12.4 Å². The second-order valence-corrected chi connectivity index (χ2v) is 10.1. The lowest BCUT2D eigenvalue weighted by Gasteiger charge is -2.22. The minimum atomic E-state index is -0.505. The number of amides is 1. The zero-order valence-electron chi connectivity index (χ0n) is 20.2. The molecule has 1 aliphatic rings. The highest BCUT2D eigenvalue weighted by Gasteiger charge is 2.28. The standard InChI is InChI=1S/C26H31ClN4O3/c1-15-20-13-16(19-7-6-8-21(27)23(19)33-5)9-12-22(20)31-24(28-15)29-17-10-11-18(14-17)30-25(32)34-26(2,3)4/h6-9,12-13,17-18H,10-11,14H2,1-5H3,(H,30,32)(H,28,29,31)/t17-,18+/m1/s1. The first-order valence-corrected chi connectivity index (χ1v) is 11.9. The fourth-order valence-corrected chi connectivity index (χ4v) is 4.61.